The van der Waals surface area contributed by atoms with Crippen molar-refractivity contribution in [3.8, 4) is 0 Å². The van der Waals surface area contributed by atoms with E-state index in [2.05, 4.69) is 50.7 Å². The number of nitrogens with zero attached hydrogens (tertiary/aromatic N) is 2. The van der Waals surface area contributed by atoms with Crippen LogP contribution in [0.4, 0.5) is 11.4 Å². The van der Waals surface area contributed by atoms with E-state index in [1.165, 1.54) is 0 Å². The Hall–Kier alpha value is -1.77. The molecule has 0 saturated heterocycles. The zero-order valence-electron chi connectivity index (χ0n) is 12.4. The highest BCUT2D eigenvalue weighted by atomic mass is 15.1. The van der Waals surface area contributed by atoms with Crippen molar-refractivity contribution in [2.45, 2.75) is 33.7 Å². The van der Waals surface area contributed by atoms with E-state index >= 15 is 0 Å². The Bertz CT molecular complexity index is 584. The van der Waals surface area contributed by atoms with Gasteiger partial charge in [0.15, 0.2) is 0 Å². The maximum atomic E-state index is 6.32. The van der Waals surface area contributed by atoms with E-state index in [1.807, 2.05) is 18.2 Å². The molecule has 0 aliphatic heterocycles. The van der Waals surface area contributed by atoms with Crippen LogP contribution in [-0.4, -0.2) is 18.1 Å². The Morgan fingerprint density at radius 2 is 1.89 bits per heavy atom. The van der Waals surface area contributed by atoms with E-state index in [9.17, 15) is 0 Å². The van der Waals surface area contributed by atoms with Gasteiger partial charge in [0.2, 0.25) is 0 Å². The summed E-state index contributed by atoms with van der Waals surface area (Å²) in [6, 6.07) is 8.44. The van der Waals surface area contributed by atoms with E-state index in [0.29, 0.717) is 6.04 Å². The fourth-order valence-electron chi connectivity index (χ4n) is 2.26. The first-order valence-electron chi connectivity index (χ1n) is 6.68. The molecule has 1 aromatic carbocycles. The van der Waals surface area contributed by atoms with Crippen LogP contribution in [0.1, 0.15) is 27.7 Å². The lowest BCUT2D eigenvalue weighted by atomic mass is 9.87. The van der Waals surface area contributed by atoms with Crippen molar-refractivity contribution >= 4 is 22.3 Å². The Balaban J connectivity index is 2.49. The molecule has 2 N–H and O–H groups in total. The zero-order valence-corrected chi connectivity index (χ0v) is 12.4. The summed E-state index contributed by atoms with van der Waals surface area (Å²) in [6.07, 6.45) is 1.79. The molecule has 0 spiro atoms. The van der Waals surface area contributed by atoms with Gasteiger partial charge in [-0.2, -0.15) is 0 Å². The second kappa shape index (κ2) is 4.72. The first-order chi connectivity index (χ1) is 8.82. The molecule has 1 heterocycles. The summed E-state index contributed by atoms with van der Waals surface area (Å²) in [6.45, 7) is 8.96. The number of rotatable bonds is 2. The second-order valence-corrected chi connectivity index (χ2v) is 6.22. The molecule has 2 aromatic rings. The summed E-state index contributed by atoms with van der Waals surface area (Å²) in [5, 5.41) is 1.02. The van der Waals surface area contributed by atoms with Crippen LogP contribution in [0.3, 0.4) is 0 Å². The number of hydrogen-bond donors (Lipinski definition) is 1. The van der Waals surface area contributed by atoms with E-state index in [0.717, 1.165) is 22.3 Å². The van der Waals surface area contributed by atoms with Gasteiger partial charge in [-0.25, -0.2) is 0 Å². The molecule has 0 saturated carbocycles. The van der Waals surface area contributed by atoms with Crippen LogP contribution in [0.5, 0.6) is 0 Å². The smallest absolute Gasteiger partial charge is 0.0724 e. The number of benzene rings is 1. The fourth-order valence-corrected chi connectivity index (χ4v) is 2.26. The van der Waals surface area contributed by atoms with E-state index < -0.39 is 0 Å². The molecule has 0 fully saturated rings. The monoisotopic (exact) mass is 257 g/mol. The standard InChI is InChI=1S/C16H23N3/c1-11(16(2,3)4)19(5)14-9-8-13-12(15(14)17)7-6-10-18-13/h6-11H,17H2,1-5H3. The van der Waals surface area contributed by atoms with Crippen molar-refractivity contribution < 1.29 is 0 Å². The van der Waals surface area contributed by atoms with Crippen LogP contribution in [0.15, 0.2) is 30.5 Å². The van der Waals surface area contributed by atoms with Crippen LogP contribution in [-0.2, 0) is 0 Å². The van der Waals surface area contributed by atoms with Crippen LogP contribution in [0, 0.1) is 5.41 Å². The minimum Gasteiger partial charge on any atom is -0.396 e. The molecule has 0 radical (unpaired) electrons. The predicted molar refractivity (Wildman–Crippen MR) is 83.5 cm³/mol. The topological polar surface area (TPSA) is 42.2 Å². The molecule has 3 heteroatoms. The predicted octanol–water partition coefficient (Wildman–Crippen LogP) is 3.69. The lowest BCUT2D eigenvalue weighted by Gasteiger charge is -2.37. The van der Waals surface area contributed by atoms with Gasteiger partial charge in [0.1, 0.15) is 0 Å². The van der Waals surface area contributed by atoms with Crippen LogP contribution >= 0.6 is 0 Å². The highest BCUT2D eigenvalue weighted by Gasteiger charge is 2.25. The molecular formula is C16H23N3. The van der Waals surface area contributed by atoms with Gasteiger partial charge in [-0.15, -0.1) is 0 Å². The number of nitrogens with two attached hydrogens (primary N) is 1. The third-order valence-electron chi connectivity index (χ3n) is 4.02. The van der Waals surface area contributed by atoms with Gasteiger partial charge in [-0.05, 0) is 36.6 Å². The first-order valence-corrected chi connectivity index (χ1v) is 6.68. The summed E-state index contributed by atoms with van der Waals surface area (Å²) >= 11 is 0. The van der Waals surface area contributed by atoms with Gasteiger partial charge in [-0.3, -0.25) is 4.98 Å². The number of nitrogen functional groups attached to an aromatic ring is 1. The summed E-state index contributed by atoms with van der Waals surface area (Å²) in [7, 11) is 2.10. The maximum absolute atomic E-state index is 6.32. The van der Waals surface area contributed by atoms with Crippen molar-refractivity contribution in [1.82, 2.24) is 4.98 Å². The Labute approximate surface area is 115 Å². The lowest BCUT2D eigenvalue weighted by Crippen LogP contribution is -2.39. The summed E-state index contributed by atoms with van der Waals surface area (Å²) in [5.41, 5.74) is 9.35. The molecule has 19 heavy (non-hydrogen) atoms. The van der Waals surface area contributed by atoms with Crippen molar-refractivity contribution in [3.05, 3.63) is 30.5 Å². The highest BCUT2D eigenvalue weighted by Crippen LogP contribution is 2.34. The lowest BCUT2D eigenvalue weighted by molar-refractivity contribution is 0.330. The zero-order chi connectivity index (χ0) is 14.2. The third kappa shape index (κ3) is 2.50. The van der Waals surface area contributed by atoms with E-state index in [-0.39, 0.29) is 5.41 Å². The van der Waals surface area contributed by atoms with Gasteiger partial charge in [-0.1, -0.05) is 20.8 Å². The second-order valence-electron chi connectivity index (χ2n) is 6.22. The number of fused-ring (bicyclic) bond motifs is 1. The Morgan fingerprint density at radius 1 is 1.21 bits per heavy atom. The largest absolute Gasteiger partial charge is 0.396 e. The molecule has 0 amide bonds. The number of pyridine rings is 1. The van der Waals surface area contributed by atoms with Gasteiger partial charge in [0.25, 0.3) is 0 Å². The molecule has 1 unspecified atom stereocenters. The highest BCUT2D eigenvalue weighted by molar-refractivity contribution is 5.97. The average Bonchev–Trinajstić information content (AvgIpc) is 2.37. The van der Waals surface area contributed by atoms with E-state index in [1.54, 1.807) is 6.20 Å². The maximum Gasteiger partial charge on any atom is 0.0724 e. The molecule has 102 valence electrons. The average molecular weight is 257 g/mol. The molecule has 0 aliphatic rings. The SMILES string of the molecule is CC(N(C)c1ccc2ncccc2c1N)C(C)(C)C. The van der Waals surface area contributed by atoms with Gasteiger partial charge >= 0.3 is 0 Å². The number of anilines is 2. The first kappa shape index (κ1) is 13.7. The third-order valence-corrected chi connectivity index (χ3v) is 4.02. The molecule has 0 aliphatic carbocycles. The minimum absolute atomic E-state index is 0.199. The van der Waals surface area contributed by atoms with Crippen LogP contribution in [0.25, 0.3) is 10.9 Å². The molecule has 1 aromatic heterocycles. The van der Waals surface area contributed by atoms with Crippen molar-refractivity contribution in [2.24, 2.45) is 5.41 Å². The molecule has 0 bridgehead atoms. The Kier molecular flexibility index (Phi) is 3.40. The van der Waals surface area contributed by atoms with E-state index in [4.69, 9.17) is 5.73 Å². The van der Waals surface area contributed by atoms with Crippen molar-refractivity contribution in [1.29, 1.82) is 0 Å². The fraction of sp³-hybridized carbons (Fsp3) is 0.438. The molecule has 2 rings (SSSR count). The van der Waals surface area contributed by atoms with Crippen molar-refractivity contribution in [2.75, 3.05) is 17.7 Å². The summed E-state index contributed by atoms with van der Waals surface area (Å²) < 4.78 is 0. The Morgan fingerprint density at radius 3 is 2.53 bits per heavy atom. The number of aromatic nitrogens is 1. The summed E-state index contributed by atoms with van der Waals surface area (Å²) in [4.78, 5) is 6.59. The normalized spacial score (nSPS) is 13.5. The van der Waals surface area contributed by atoms with Crippen LogP contribution in [0.2, 0.25) is 0 Å². The van der Waals surface area contributed by atoms with Gasteiger partial charge in [0, 0.05) is 24.7 Å². The van der Waals surface area contributed by atoms with Gasteiger partial charge in [0.05, 0.1) is 16.9 Å². The number of hydrogen-bond acceptors (Lipinski definition) is 3. The molecule has 1 atom stereocenters. The quantitative estimate of drug-likeness (QED) is 0.834. The molecular weight excluding hydrogens is 234 g/mol. The summed E-state index contributed by atoms with van der Waals surface area (Å²) in [5.74, 6) is 0. The van der Waals surface area contributed by atoms with Gasteiger partial charge < -0.3 is 10.6 Å². The van der Waals surface area contributed by atoms with Crippen molar-refractivity contribution in [3.63, 3.8) is 0 Å². The van der Waals surface area contributed by atoms with Crippen LogP contribution < -0.4 is 10.6 Å². The minimum atomic E-state index is 0.199. The molecule has 3 nitrogen and oxygen atoms in total.